The van der Waals surface area contributed by atoms with E-state index in [0.717, 1.165) is 5.56 Å². The molecule has 0 aliphatic heterocycles. The van der Waals surface area contributed by atoms with Gasteiger partial charge in [-0.1, -0.05) is 6.07 Å². The quantitative estimate of drug-likeness (QED) is 0.666. The first-order valence-corrected chi connectivity index (χ1v) is 5.45. The molecule has 0 bridgehead atoms. The number of hydrogen-bond donors (Lipinski definition) is 3. The zero-order chi connectivity index (χ0) is 12.8. The van der Waals surface area contributed by atoms with Crippen LogP contribution in [0, 0.1) is 0 Å². The van der Waals surface area contributed by atoms with E-state index in [0.29, 0.717) is 11.5 Å². The molecular weight excluding hydrogens is 220 g/mol. The zero-order valence-electron chi connectivity index (χ0n) is 10.4. The molecule has 4 N–H and O–H groups in total. The van der Waals surface area contributed by atoms with Crippen LogP contribution in [-0.2, 0) is 0 Å². The highest BCUT2D eigenvalue weighted by Crippen LogP contribution is 2.30. The van der Waals surface area contributed by atoms with E-state index in [1.165, 1.54) is 0 Å². The van der Waals surface area contributed by atoms with Gasteiger partial charge < -0.3 is 25.6 Å². The molecule has 2 unspecified atom stereocenters. The number of benzene rings is 1. The lowest BCUT2D eigenvalue weighted by molar-refractivity contribution is 0.139. The molecule has 0 saturated heterocycles. The number of rotatable bonds is 6. The van der Waals surface area contributed by atoms with Gasteiger partial charge in [-0.2, -0.15) is 0 Å². The van der Waals surface area contributed by atoms with Crippen LogP contribution < -0.4 is 20.5 Å². The summed E-state index contributed by atoms with van der Waals surface area (Å²) < 4.78 is 10.4. The molecule has 0 fully saturated rings. The maximum Gasteiger partial charge on any atom is 0.161 e. The molecule has 1 aromatic carbocycles. The molecule has 0 heterocycles. The predicted octanol–water partition coefficient (Wildman–Crippen LogP) is 0.284. The average molecular weight is 240 g/mol. The Morgan fingerprint density at radius 2 is 1.94 bits per heavy atom. The standard InChI is InChI=1S/C12H20N2O3/c1-14-12(9(15)7-13)8-4-5-10(16-2)11(6-8)17-3/h4-6,9,12,14-15H,7,13H2,1-3H3. The number of aliphatic hydroxyl groups excluding tert-OH is 1. The van der Waals surface area contributed by atoms with Gasteiger partial charge in [0.05, 0.1) is 26.4 Å². The first kappa shape index (κ1) is 13.8. The highest BCUT2D eigenvalue weighted by molar-refractivity contribution is 5.44. The maximum absolute atomic E-state index is 9.80. The summed E-state index contributed by atoms with van der Waals surface area (Å²) in [6, 6.07) is 5.29. The van der Waals surface area contributed by atoms with E-state index in [1.54, 1.807) is 21.3 Å². The molecule has 1 aromatic rings. The van der Waals surface area contributed by atoms with Crippen molar-refractivity contribution in [3.05, 3.63) is 23.8 Å². The Morgan fingerprint density at radius 3 is 2.41 bits per heavy atom. The summed E-state index contributed by atoms with van der Waals surface area (Å²) in [5, 5.41) is 12.8. The first-order valence-electron chi connectivity index (χ1n) is 5.45. The van der Waals surface area contributed by atoms with Crippen molar-refractivity contribution in [2.24, 2.45) is 5.73 Å². The SMILES string of the molecule is CNC(c1ccc(OC)c(OC)c1)C(O)CN. The number of ether oxygens (including phenoxy) is 2. The van der Waals surface area contributed by atoms with Gasteiger partial charge in [-0.25, -0.2) is 0 Å². The normalized spacial score (nSPS) is 14.2. The van der Waals surface area contributed by atoms with Crippen LogP contribution in [0.25, 0.3) is 0 Å². The molecule has 2 atom stereocenters. The third kappa shape index (κ3) is 3.09. The summed E-state index contributed by atoms with van der Waals surface area (Å²) in [6.45, 7) is 0.194. The largest absolute Gasteiger partial charge is 0.493 e. The lowest BCUT2D eigenvalue weighted by atomic mass is 10.0. The topological polar surface area (TPSA) is 76.7 Å². The minimum atomic E-state index is -0.641. The number of nitrogens with one attached hydrogen (secondary N) is 1. The number of hydrogen-bond acceptors (Lipinski definition) is 5. The van der Waals surface area contributed by atoms with Crippen molar-refractivity contribution in [1.29, 1.82) is 0 Å². The minimum Gasteiger partial charge on any atom is -0.493 e. The van der Waals surface area contributed by atoms with Crippen molar-refractivity contribution in [3.63, 3.8) is 0 Å². The van der Waals surface area contributed by atoms with Crippen LogP contribution >= 0.6 is 0 Å². The Balaban J connectivity index is 3.04. The summed E-state index contributed by atoms with van der Waals surface area (Å²) >= 11 is 0. The summed E-state index contributed by atoms with van der Waals surface area (Å²) in [5.41, 5.74) is 6.37. The van der Waals surface area contributed by atoms with Crippen molar-refractivity contribution < 1.29 is 14.6 Å². The van der Waals surface area contributed by atoms with E-state index >= 15 is 0 Å². The Labute approximate surface area is 102 Å². The van der Waals surface area contributed by atoms with Gasteiger partial charge in [0.15, 0.2) is 11.5 Å². The van der Waals surface area contributed by atoms with Crippen LogP contribution in [-0.4, -0.2) is 39.0 Å². The molecule has 0 aromatic heterocycles. The van der Waals surface area contributed by atoms with E-state index in [9.17, 15) is 5.11 Å². The molecule has 5 nitrogen and oxygen atoms in total. The Hall–Kier alpha value is -1.30. The fraction of sp³-hybridized carbons (Fsp3) is 0.500. The first-order chi connectivity index (χ1) is 8.17. The Kier molecular flexibility index (Phi) is 5.21. The average Bonchev–Trinajstić information content (AvgIpc) is 2.38. The fourth-order valence-electron chi connectivity index (χ4n) is 1.76. The van der Waals surface area contributed by atoms with Crippen molar-refractivity contribution >= 4 is 0 Å². The second kappa shape index (κ2) is 6.44. The van der Waals surface area contributed by atoms with Gasteiger partial charge >= 0.3 is 0 Å². The second-order valence-corrected chi connectivity index (χ2v) is 3.68. The van der Waals surface area contributed by atoms with Crippen LogP contribution in [0.3, 0.4) is 0 Å². The monoisotopic (exact) mass is 240 g/mol. The second-order valence-electron chi connectivity index (χ2n) is 3.68. The van der Waals surface area contributed by atoms with Crippen LogP contribution in [0.4, 0.5) is 0 Å². The lowest BCUT2D eigenvalue weighted by Crippen LogP contribution is -2.34. The van der Waals surface area contributed by atoms with E-state index in [-0.39, 0.29) is 12.6 Å². The molecule has 1 rings (SSSR count). The Morgan fingerprint density at radius 1 is 1.29 bits per heavy atom. The van der Waals surface area contributed by atoms with Gasteiger partial charge in [0.25, 0.3) is 0 Å². The summed E-state index contributed by atoms with van der Waals surface area (Å²) in [7, 11) is 4.94. The van der Waals surface area contributed by atoms with Crippen LogP contribution in [0.2, 0.25) is 0 Å². The van der Waals surface area contributed by atoms with Gasteiger partial charge in [-0.05, 0) is 24.7 Å². The third-order valence-corrected chi connectivity index (χ3v) is 2.70. The van der Waals surface area contributed by atoms with Gasteiger partial charge in [0.2, 0.25) is 0 Å². The van der Waals surface area contributed by atoms with E-state index < -0.39 is 6.10 Å². The Bertz CT molecular complexity index is 358. The summed E-state index contributed by atoms with van der Waals surface area (Å²) in [5.74, 6) is 1.29. The van der Waals surface area contributed by atoms with Crippen LogP contribution in [0.1, 0.15) is 11.6 Å². The molecule has 0 saturated carbocycles. The predicted molar refractivity (Wildman–Crippen MR) is 66.4 cm³/mol. The molecule has 5 heteroatoms. The van der Waals surface area contributed by atoms with Gasteiger partial charge in [0, 0.05) is 6.54 Å². The molecule has 0 radical (unpaired) electrons. The van der Waals surface area contributed by atoms with E-state index in [1.807, 2.05) is 18.2 Å². The molecule has 0 amide bonds. The van der Waals surface area contributed by atoms with Crippen molar-refractivity contribution in [2.75, 3.05) is 27.8 Å². The van der Waals surface area contributed by atoms with Gasteiger partial charge in [-0.3, -0.25) is 0 Å². The molecule has 96 valence electrons. The molecule has 17 heavy (non-hydrogen) atoms. The molecular formula is C12H20N2O3. The van der Waals surface area contributed by atoms with Crippen molar-refractivity contribution in [1.82, 2.24) is 5.32 Å². The zero-order valence-corrected chi connectivity index (χ0v) is 10.4. The summed E-state index contributed by atoms with van der Waals surface area (Å²) in [6.07, 6.45) is -0.641. The molecule has 0 aliphatic rings. The molecule has 0 spiro atoms. The lowest BCUT2D eigenvalue weighted by Gasteiger charge is -2.22. The summed E-state index contributed by atoms with van der Waals surface area (Å²) in [4.78, 5) is 0. The number of likely N-dealkylation sites (N-methyl/N-ethyl adjacent to an activating group) is 1. The number of nitrogens with two attached hydrogens (primary N) is 1. The number of aliphatic hydroxyl groups is 1. The van der Waals surface area contributed by atoms with Gasteiger partial charge in [0.1, 0.15) is 0 Å². The number of methoxy groups -OCH3 is 2. The van der Waals surface area contributed by atoms with Crippen molar-refractivity contribution in [3.8, 4) is 11.5 Å². The maximum atomic E-state index is 9.80. The highest BCUT2D eigenvalue weighted by Gasteiger charge is 2.19. The van der Waals surface area contributed by atoms with E-state index in [2.05, 4.69) is 5.32 Å². The fourth-order valence-corrected chi connectivity index (χ4v) is 1.76. The molecule has 0 aliphatic carbocycles. The highest BCUT2D eigenvalue weighted by atomic mass is 16.5. The smallest absolute Gasteiger partial charge is 0.161 e. The minimum absolute atomic E-state index is 0.194. The third-order valence-electron chi connectivity index (χ3n) is 2.70. The van der Waals surface area contributed by atoms with E-state index in [4.69, 9.17) is 15.2 Å². The van der Waals surface area contributed by atoms with Crippen LogP contribution in [0.5, 0.6) is 11.5 Å². The van der Waals surface area contributed by atoms with Crippen LogP contribution in [0.15, 0.2) is 18.2 Å². The van der Waals surface area contributed by atoms with Gasteiger partial charge in [-0.15, -0.1) is 0 Å². The van der Waals surface area contributed by atoms with Crippen molar-refractivity contribution in [2.45, 2.75) is 12.1 Å².